The minimum atomic E-state index is 0.0590. The topological polar surface area (TPSA) is 59.0 Å². The molecule has 1 aromatic carbocycles. The normalized spacial score (nSPS) is 14.3. The predicted octanol–water partition coefficient (Wildman–Crippen LogP) is 3.90. The summed E-state index contributed by atoms with van der Waals surface area (Å²) in [5.74, 6) is 0.780. The average molecular weight is 358 g/mol. The lowest BCUT2D eigenvalue weighted by molar-refractivity contribution is 0.0602. The first-order valence-corrected chi connectivity index (χ1v) is 9.25. The summed E-state index contributed by atoms with van der Waals surface area (Å²) in [6.45, 7) is 5.65. The summed E-state index contributed by atoms with van der Waals surface area (Å²) < 4.78 is 0. The molecule has 4 rings (SSSR count). The number of pyridine rings is 1. The van der Waals surface area contributed by atoms with Gasteiger partial charge >= 0.3 is 0 Å². The first-order valence-electron chi connectivity index (χ1n) is 9.25. The predicted molar refractivity (Wildman–Crippen MR) is 104 cm³/mol. The SMILES string of the molecule is CC(C)c1ccc(-c2cccc(C(=O)N3CC(c4cccnc4)C3)c2)nn1. The number of rotatable bonds is 4. The summed E-state index contributed by atoms with van der Waals surface area (Å²) >= 11 is 0. The number of amides is 1. The van der Waals surface area contributed by atoms with Gasteiger partial charge in [0.05, 0.1) is 11.4 Å². The Labute approximate surface area is 159 Å². The lowest BCUT2D eigenvalue weighted by atomic mass is 9.92. The molecule has 0 N–H and O–H groups in total. The Morgan fingerprint density at radius 2 is 1.93 bits per heavy atom. The summed E-state index contributed by atoms with van der Waals surface area (Å²) in [7, 11) is 0. The number of carbonyl (C=O) groups is 1. The molecule has 0 radical (unpaired) electrons. The number of carbonyl (C=O) groups excluding carboxylic acids is 1. The van der Waals surface area contributed by atoms with Gasteiger partial charge in [-0.2, -0.15) is 10.2 Å². The monoisotopic (exact) mass is 358 g/mol. The van der Waals surface area contributed by atoms with E-state index in [-0.39, 0.29) is 5.91 Å². The molecular weight excluding hydrogens is 336 g/mol. The molecule has 0 unspecified atom stereocenters. The van der Waals surface area contributed by atoms with E-state index < -0.39 is 0 Å². The fourth-order valence-corrected chi connectivity index (χ4v) is 3.27. The van der Waals surface area contributed by atoms with Crippen molar-refractivity contribution < 1.29 is 4.79 Å². The Hall–Kier alpha value is -3.08. The summed E-state index contributed by atoms with van der Waals surface area (Å²) in [5.41, 5.74) is 4.54. The van der Waals surface area contributed by atoms with Crippen LogP contribution in [0.15, 0.2) is 60.9 Å². The fraction of sp³-hybridized carbons (Fsp3) is 0.273. The third-order valence-electron chi connectivity index (χ3n) is 5.01. The van der Waals surface area contributed by atoms with Gasteiger partial charge in [0.1, 0.15) is 0 Å². The molecule has 1 amide bonds. The summed E-state index contributed by atoms with van der Waals surface area (Å²) in [6.07, 6.45) is 3.65. The van der Waals surface area contributed by atoms with Crippen LogP contribution in [0.4, 0.5) is 0 Å². The van der Waals surface area contributed by atoms with Gasteiger partial charge in [-0.3, -0.25) is 9.78 Å². The second kappa shape index (κ2) is 7.27. The van der Waals surface area contributed by atoms with E-state index >= 15 is 0 Å². The molecule has 1 aliphatic heterocycles. The van der Waals surface area contributed by atoms with Gasteiger partial charge in [-0.15, -0.1) is 0 Å². The van der Waals surface area contributed by atoms with Crippen molar-refractivity contribution in [1.29, 1.82) is 0 Å². The smallest absolute Gasteiger partial charge is 0.253 e. The standard InChI is InChI=1S/C22H22N4O/c1-15(2)20-8-9-21(25-24-20)16-5-3-6-17(11-16)22(27)26-13-19(14-26)18-7-4-10-23-12-18/h3-12,15,19H,13-14H2,1-2H3. The number of hydrogen-bond donors (Lipinski definition) is 0. The zero-order chi connectivity index (χ0) is 18.8. The van der Waals surface area contributed by atoms with Crippen molar-refractivity contribution in [2.45, 2.75) is 25.7 Å². The van der Waals surface area contributed by atoms with Crippen molar-refractivity contribution in [2.75, 3.05) is 13.1 Å². The molecule has 3 heterocycles. The van der Waals surface area contributed by atoms with Gasteiger partial charge in [0.2, 0.25) is 0 Å². The fourth-order valence-electron chi connectivity index (χ4n) is 3.27. The van der Waals surface area contributed by atoms with E-state index in [2.05, 4.69) is 35.1 Å². The summed E-state index contributed by atoms with van der Waals surface area (Å²) in [5, 5.41) is 8.60. The van der Waals surface area contributed by atoms with Gasteiger partial charge < -0.3 is 4.90 Å². The molecule has 2 aromatic heterocycles. The summed E-state index contributed by atoms with van der Waals surface area (Å²) in [4.78, 5) is 18.8. The van der Waals surface area contributed by atoms with Crippen LogP contribution >= 0.6 is 0 Å². The first-order chi connectivity index (χ1) is 13.1. The maximum atomic E-state index is 12.8. The highest BCUT2D eigenvalue weighted by Gasteiger charge is 2.32. The first kappa shape index (κ1) is 17.3. The molecule has 3 aromatic rings. The largest absolute Gasteiger partial charge is 0.337 e. The van der Waals surface area contributed by atoms with Crippen molar-refractivity contribution in [3.63, 3.8) is 0 Å². The van der Waals surface area contributed by atoms with Gasteiger partial charge in [0.15, 0.2) is 0 Å². The molecule has 136 valence electrons. The quantitative estimate of drug-likeness (QED) is 0.710. The van der Waals surface area contributed by atoms with Crippen LogP contribution in [0.2, 0.25) is 0 Å². The highest BCUT2D eigenvalue weighted by Crippen LogP contribution is 2.28. The van der Waals surface area contributed by atoms with E-state index in [1.54, 1.807) is 6.20 Å². The van der Waals surface area contributed by atoms with Crippen LogP contribution in [0.5, 0.6) is 0 Å². The van der Waals surface area contributed by atoms with Crippen LogP contribution in [0.3, 0.4) is 0 Å². The molecule has 1 saturated heterocycles. The molecule has 1 aliphatic rings. The molecule has 5 nitrogen and oxygen atoms in total. The second-order valence-electron chi connectivity index (χ2n) is 7.27. The van der Waals surface area contributed by atoms with Gasteiger partial charge in [-0.05, 0) is 41.8 Å². The Kier molecular flexibility index (Phi) is 4.67. The molecule has 0 aliphatic carbocycles. The minimum absolute atomic E-state index is 0.0590. The zero-order valence-corrected chi connectivity index (χ0v) is 15.5. The van der Waals surface area contributed by atoms with Gasteiger partial charge in [-0.25, -0.2) is 0 Å². The van der Waals surface area contributed by atoms with E-state index in [1.807, 2.05) is 53.6 Å². The number of likely N-dealkylation sites (tertiary alicyclic amines) is 1. The molecule has 0 bridgehead atoms. The zero-order valence-electron chi connectivity index (χ0n) is 15.5. The van der Waals surface area contributed by atoms with Crippen LogP contribution in [0.1, 0.15) is 47.3 Å². The number of benzene rings is 1. The van der Waals surface area contributed by atoms with Crippen molar-refractivity contribution in [3.05, 3.63) is 77.7 Å². The van der Waals surface area contributed by atoms with Gasteiger partial charge in [-0.1, -0.05) is 32.0 Å². The van der Waals surface area contributed by atoms with Crippen LogP contribution < -0.4 is 0 Å². The Balaban J connectivity index is 1.47. The van der Waals surface area contributed by atoms with E-state index in [4.69, 9.17) is 0 Å². The molecule has 1 fully saturated rings. The molecule has 0 atom stereocenters. The maximum Gasteiger partial charge on any atom is 0.253 e. The third kappa shape index (κ3) is 3.58. The lowest BCUT2D eigenvalue weighted by Crippen LogP contribution is -2.48. The highest BCUT2D eigenvalue weighted by atomic mass is 16.2. The van der Waals surface area contributed by atoms with Gasteiger partial charge in [0, 0.05) is 42.5 Å². The average Bonchev–Trinajstić information content (AvgIpc) is 2.68. The lowest BCUT2D eigenvalue weighted by Gasteiger charge is -2.39. The van der Waals surface area contributed by atoms with E-state index in [1.165, 1.54) is 5.56 Å². The minimum Gasteiger partial charge on any atom is -0.337 e. The van der Waals surface area contributed by atoms with E-state index in [0.717, 1.165) is 30.0 Å². The van der Waals surface area contributed by atoms with E-state index in [9.17, 15) is 4.79 Å². The Morgan fingerprint density at radius 1 is 1.07 bits per heavy atom. The molecular formula is C22H22N4O. The Morgan fingerprint density at radius 3 is 2.59 bits per heavy atom. The van der Waals surface area contributed by atoms with Gasteiger partial charge in [0.25, 0.3) is 5.91 Å². The van der Waals surface area contributed by atoms with Crippen LogP contribution in [-0.4, -0.2) is 39.1 Å². The van der Waals surface area contributed by atoms with Crippen molar-refractivity contribution >= 4 is 5.91 Å². The number of aromatic nitrogens is 3. The maximum absolute atomic E-state index is 12.8. The Bertz CT molecular complexity index is 932. The van der Waals surface area contributed by atoms with Crippen molar-refractivity contribution in [1.82, 2.24) is 20.1 Å². The number of nitrogens with zero attached hydrogens (tertiary/aromatic N) is 4. The molecule has 0 saturated carbocycles. The van der Waals surface area contributed by atoms with Crippen LogP contribution in [0.25, 0.3) is 11.3 Å². The van der Waals surface area contributed by atoms with Crippen molar-refractivity contribution in [3.8, 4) is 11.3 Å². The summed E-state index contributed by atoms with van der Waals surface area (Å²) in [6, 6.07) is 15.6. The van der Waals surface area contributed by atoms with E-state index in [0.29, 0.717) is 17.4 Å². The molecule has 0 spiro atoms. The van der Waals surface area contributed by atoms with Crippen molar-refractivity contribution in [2.24, 2.45) is 0 Å². The second-order valence-corrected chi connectivity index (χ2v) is 7.27. The third-order valence-corrected chi connectivity index (χ3v) is 5.01. The van der Waals surface area contributed by atoms with Crippen LogP contribution in [-0.2, 0) is 0 Å². The number of hydrogen-bond acceptors (Lipinski definition) is 4. The van der Waals surface area contributed by atoms with Crippen LogP contribution in [0, 0.1) is 0 Å². The molecule has 27 heavy (non-hydrogen) atoms. The highest BCUT2D eigenvalue weighted by molar-refractivity contribution is 5.96. The molecule has 5 heteroatoms.